The third-order valence-corrected chi connectivity index (χ3v) is 6.14. The minimum absolute atomic E-state index is 0.105. The van der Waals surface area contributed by atoms with Crippen molar-refractivity contribution in [1.82, 2.24) is 30.5 Å². The van der Waals surface area contributed by atoms with Gasteiger partial charge in [-0.1, -0.05) is 24.3 Å². The number of imidazole rings is 1. The Balaban J connectivity index is 1.28. The molecular weight excluding hydrogens is 400 g/mol. The van der Waals surface area contributed by atoms with Crippen LogP contribution in [0.4, 0.5) is 0 Å². The van der Waals surface area contributed by atoms with Crippen molar-refractivity contribution in [1.29, 1.82) is 0 Å². The summed E-state index contributed by atoms with van der Waals surface area (Å²) < 4.78 is 0. The van der Waals surface area contributed by atoms with Gasteiger partial charge in [-0.05, 0) is 61.1 Å². The highest BCUT2D eigenvalue weighted by molar-refractivity contribution is 6.02. The van der Waals surface area contributed by atoms with Crippen molar-refractivity contribution in [2.24, 2.45) is 0 Å². The molecule has 3 aromatic heterocycles. The van der Waals surface area contributed by atoms with Crippen LogP contribution >= 0.6 is 0 Å². The first kappa shape index (κ1) is 18.7. The highest BCUT2D eigenvalue weighted by Crippen LogP contribution is 2.40. The van der Waals surface area contributed by atoms with E-state index in [1.165, 1.54) is 18.4 Å². The molecule has 7 heteroatoms. The van der Waals surface area contributed by atoms with Crippen LogP contribution in [0.2, 0.25) is 0 Å². The van der Waals surface area contributed by atoms with E-state index in [2.05, 4.69) is 54.7 Å². The molecule has 1 aliphatic rings. The first-order chi connectivity index (χ1) is 15.7. The van der Waals surface area contributed by atoms with Crippen molar-refractivity contribution >= 4 is 27.8 Å². The van der Waals surface area contributed by atoms with Gasteiger partial charge in [0.15, 0.2) is 5.82 Å². The second kappa shape index (κ2) is 7.30. The summed E-state index contributed by atoms with van der Waals surface area (Å²) in [5.41, 5.74) is 6.67. The Morgan fingerprint density at radius 3 is 2.75 bits per heavy atom. The number of nitrogens with one attached hydrogen (secondary N) is 3. The maximum Gasteiger partial charge on any atom is 0.287 e. The van der Waals surface area contributed by atoms with Gasteiger partial charge in [0.2, 0.25) is 0 Å². The Labute approximate surface area is 184 Å². The second-order valence-corrected chi connectivity index (χ2v) is 8.45. The van der Waals surface area contributed by atoms with E-state index in [-0.39, 0.29) is 11.9 Å². The Morgan fingerprint density at radius 1 is 1.09 bits per heavy atom. The van der Waals surface area contributed by atoms with Crippen molar-refractivity contribution in [3.8, 4) is 11.3 Å². The van der Waals surface area contributed by atoms with E-state index in [0.717, 1.165) is 38.8 Å². The van der Waals surface area contributed by atoms with E-state index >= 15 is 0 Å². The molecule has 7 nitrogen and oxygen atoms in total. The number of aromatic nitrogens is 5. The number of carbonyl (C=O) groups is 1. The number of aromatic amines is 2. The molecule has 1 aliphatic carbocycles. The molecule has 0 unspecified atom stereocenters. The number of amides is 1. The van der Waals surface area contributed by atoms with Gasteiger partial charge in [0.25, 0.3) is 5.91 Å². The SMILES string of the molecule is C[C@@H](NC(=O)c1nc2cc3c(-c4ccncc4)n[nH]c3cc2[nH]1)c1cccc(C2CC2)c1. The molecule has 0 spiro atoms. The highest BCUT2D eigenvalue weighted by Gasteiger charge is 2.24. The second-order valence-electron chi connectivity index (χ2n) is 8.45. The van der Waals surface area contributed by atoms with E-state index < -0.39 is 0 Å². The third kappa shape index (κ3) is 3.32. The lowest BCUT2D eigenvalue weighted by atomic mass is 10.0. The van der Waals surface area contributed by atoms with Crippen LogP contribution in [0.1, 0.15) is 53.5 Å². The van der Waals surface area contributed by atoms with Gasteiger partial charge in [0.05, 0.1) is 22.6 Å². The van der Waals surface area contributed by atoms with Gasteiger partial charge in [-0.15, -0.1) is 0 Å². The lowest BCUT2D eigenvalue weighted by Crippen LogP contribution is -2.27. The number of benzene rings is 2. The smallest absolute Gasteiger partial charge is 0.287 e. The first-order valence-electron chi connectivity index (χ1n) is 10.8. The van der Waals surface area contributed by atoms with E-state index in [1.54, 1.807) is 12.4 Å². The van der Waals surface area contributed by atoms with Crippen LogP contribution in [0.5, 0.6) is 0 Å². The van der Waals surface area contributed by atoms with Crippen molar-refractivity contribution < 1.29 is 4.79 Å². The lowest BCUT2D eigenvalue weighted by molar-refractivity contribution is 0.0930. The summed E-state index contributed by atoms with van der Waals surface area (Å²) in [6, 6.07) is 16.1. The van der Waals surface area contributed by atoms with Crippen molar-refractivity contribution in [3.63, 3.8) is 0 Å². The molecule has 2 aromatic carbocycles. The maximum atomic E-state index is 12.9. The standard InChI is InChI=1S/C25H22N6O/c1-14(17-3-2-4-18(11-17)15-5-6-15)27-25(32)24-28-21-12-19-20(13-22(21)29-24)30-31-23(19)16-7-9-26-10-8-16/h2-4,7-15H,5-6H2,1H3,(H,27,32)(H,28,29)(H,30,31)/t14-/m1/s1. The minimum atomic E-state index is -0.221. The molecule has 32 heavy (non-hydrogen) atoms. The predicted molar refractivity (Wildman–Crippen MR) is 123 cm³/mol. The zero-order valence-electron chi connectivity index (χ0n) is 17.6. The number of H-pyrrole nitrogens is 2. The quantitative estimate of drug-likeness (QED) is 0.376. The van der Waals surface area contributed by atoms with Crippen LogP contribution in [0.25, 0.3) is 33.2 Å². The third-order valence-electron chi connectivity index (χ3n) is 6.14. The molecular formula is C25H22N6O. The summed E-state index contributed by atoms with van der Waals surface area (Å²) in [6.07, 6.45) is 6.00. The molecule has 1 atom stereocenters. The molecule has 3 heterocycles. The minimum Gasteiger partial charge on any atom is -0.343 e. The summed E-state index contributed by atoms with van der Waals surface area (Å²) in [5, 5.41) is 11.5. The molecule has 6 rings (SSSR count). The van der Waals surface area contributed by atoms with Crippen LogP contribution in [0.15, 0.2) is 60.9 Å². The predicted octanol–water partition coefficient (Wildman–Crippen LogP) is 4.87. The molecule has 158 valence electrons. The normalized spacial score (nSPS) is 14.7. The van der Waals surface area contributed by atoms with Crippen molar-refractivity contribution in [3.05, 3.63) is 77.9 Å². The molecule has 1 amide bonds. The average molecular weight is 422 g/mol. The molecule has 0 aliphatic heterocycles. The van der Waals surface area contributed by atoms with Gasteiger partial charge in [0, 0.05) is 23.3 Å². The summed E-state index contributed by atoms with van der Waals surface area (Å²) >= 11 is 0. The Morgan fingerprint density at radius 2 is 1.94 bits per heavy atom. The highest BCUT2D eigenvalue weighted by atomic mass is 16.2. The molecule has 5 aromatic rings. The van der Waals surface area contributed by atoms with Gasteiger partial charge >= 0.3 is 0 Å². The molecule has 1 saturated carbocycles. The molecule has 3 N–H and O–H groups in total. The first-order valence-corrected chi connectivity index (χ1v) is 10.8. The molecule has 0 radical (unpaired) electrons. The number of pyridine rings is 1. The van der Waals surface area contributed by atoms with E-state index in [0.29, 0.717) is 11.7 Å². The maximum absolute atomic E-state index is 12.9. The Kier molecular flexibility index (Phi) is 4.28. The summed E-state index contributed by atoms with van der Waals surface area (Å²) in [5.74, 6) is 0.766. The van der Waals surface area contributed by atoms with Gasteiger partial charge in [-0.25, -0.2) is 4.98 Å². The molecule has 0 saturated heterocycles. The van der Waals surface area contributed by atoms with Gasteiger partial charge in [0.1, 0.15) is 5.69 Å². The largest absolute Gasteiger partial charge is 0.343 e. The van der Waals surface area contributed by atoms with Crippen LogP contribution in [-0.2, 0) is 0 Å². The van der Waals surface area contributed by atoms with Crippen LogP contribution in [-0.4, -0.2) is 31.1 Å². The van der Waals surface area contributed by atoms with E-state index in [1.807, 2.05) is 31.2 Å². The van der Waals surface area contributed by atoms with Crippen molar-refractivity contribution in [2.75, 3.05) is 0 Å². The monoisotopic (exact) mass is 422 g/mol. The summed E-state index contributed by atoms with van der Waals surface area (Å²) in [6.45, 7) is 2.00. The number of rotatable bonds is 5. The fourth-order valence-electron chi connectivity index (χ4n) is 4.21. The summed E-state index contributed by atoms with van der Waals surface area (Å²) in [7, 11) is 0. The Hall–Kier alpha value is -4.00. The van der Waals surface area contributed by atoms with Crippen molar-refractivity contribution in [2.45, 2.75) is 31.7 Å². The number of fused-ring (bicyclic) bond motifs is 2. The van der Waals surface area contributed by atoms with Crippen LogP contribution in [0.3, 0.4) is 0 Å². The van der Waals surface area contributed by atoms with Gasteiger partial charge in [-0.2, -0.15) is 5.10 Å². The van der Waals surface area contributed by atoms with E-state index in [4.69, 9.17) is 0 Å². The zero-order chi connectivity index (χ0) is 21.7. The zero-order valence-corrected chi connectivity index (χ0v) is 17.6. The van der Waals surface area contributed by atoms with Gasteiger partial charge < -0.3 is 10.3 Å². The fourth-order valence-corrected chi connectivity index (χ4v) is 4.21. The number of nitrogens with zero attached hydrogens (tertiary/aromatic N) is 3. The molecule has 0 bridgehead atoms. The number of hydrogen-bond donors (Lipinski definition) is 3. The van der Waals surface area contributed by atoms with Crippen LogP contribution in [0, 0.1) is 0 Å². The lowest BCUT2D eigenvalue weighted by Gasteiger charge is -2.14. The van der Waals surface area contributed by atoms with Crippen LogP contribution < -0.4 is 5.32 Å². The van der Waals surface area contributed by atoms with Gasteiger partial charge in [-0.3, -0.25) is 14.9 Å². The average Bonchev–Trinajstić information content (AvgIpc) is 3.47. The number of hydrogen-bond acceptors (Lipinski definition) is 4. The number of carbonyl (C=O) groups excluding carboxylic acids is 1. The summed E-state index contributed by atoms with van der Waals surface area (Å²) in [4.78, 5) is 24.7. The Bertz CT molecular complexity index is 1450. The molecule has 1 fully saturated rings. The fraction of sp³-hybridized carbons (Fsp3) is 0.200. The van der Waals surface area contributed by atoms with E-state index in [9.17, 15) is 4.79 Å². The topological polar surface area (TPSA) is 99.3 Å².